The molecule has 25 heavy (non-hydrogen) atoms. The second-order valence-corrected chi connectivity index (χ2v) is 8.78. The standard InChI is InChI=1S/C23H28O2/c1-15(11-21(24)25)7-6-8-16-9-10-17-12-19-20(13-18(16)17)23(4,5)14-22(19,2)3/h6-8,11-13H,9-10,14H2,1-5H3,(H,24,25). The number of fused-ring (bicyclic) bond motifs is 2. The molecule has 132 valence electrons. The predicted molar refractivity (Wildman–Crippen MR) is 104 cm³/mol. The topological polar surface area (TPSA) is 37.3 Å². The number of allylic oxidation sites excluding steroid dienone is 5. The number of hydrogen-bond acceptors (Lipinski definition) is 1. The zero-order valence-corrected chi connectivity index (χ0v) is 15.9. The first-order chi connectivity index (χ1) is 11.6. The Labute approximate surface area is 151 Å². The number of carbonyl (C=O) groups is 1. The molecule has 0 bridgehead atoms. The highest BCUT2D eigenvalue weighted by Crippen LogP contribution is 2.51. The lowest BCUT2D eigenvalue weighted by Gasteiger charge is -2.22. The molecule has 0 heterocycles. The molecule has 2 aliphatic carbocycles. The van der Waals surface area contributed by atoms with Gasteiger partial charge in [-0.3, -0.25) is 0 Å². The van der Waals surface area contributed by atoms with E-state index < -0.39 is 5.97 Å². The minimum atomic E-state index is -0.901. The fourth-order valence-corrected chi connectivity index (χ4v) is 4.70. The van der Waals surface area contributed by atoms with E-state index in [-0.39, 0.29) is 10.8 Å². The van der Waals surface area contributed by atoms with Crippen molar-refractivity contribution in [3.8, 4) is 0 Å². The van der Waals surface area contributed by atoms with Crippen LogP contribution in [0.4, 0.5) is 0 Å². The number of aliphatic carboxylic acids is 1. The van der Waals surface area contributed by atoms with Crippen LogP contribution in [0.25, 0.3) is 5.57 Å². The molecule has 3 rings (SSSR count). The van der Waals surface area contributed by atoms with Crippen molar-refractivity contribution in [2.24, 2.45) is 0 Å². The lowest BCUT2D eigenvalue weighted by molar-refractivity contribution is -0.131. The van der Waals surface area contributed by atoms with Crippen LogP contribution in [0.3, 0.4) is 0 Å². The minimum absolute atomic E-state index is 0.220. The summed E-state index contributed by atoms with van der Waals surface area (Å²) in [4.78, 5) is 10.7. The summed E-state index contributed by atoms with van der Waals surface area (Å²) in [6.07, 6.45) is 10.6. The maximum Gasteiger partial charge on any atom is 0.328 e. The molecule has 0 aromatic heterocycles. The summed E-state index contributed by atoms with van der Waals surface area (Å²) >= 11 is 0. The SMILES string of the molecule is CC(C=CC=C1CCc2cc3c(cc21)C(C)(C)CC3(C)C)=CC(=O)O. The molecule has 0 saturated carbocycles. The summed E-state index contributed by atoms with van der Waals surface area (Å²) < 4.78 is 0. The zero-order chi connectivity index (χ0) is 18.4. The Morgan fingerprint density at radius 2 is 1.72 bits per heavy atom. The molecule has 0 amide bonds. The van der Waals surface area contributed by atoms with E-state index in [2.05, 4.69) is 45.9 Å². The van der Waals surface area contributed by atoms with E-state index in [9.17, 15) is 4.79 Å². The van der Waals surface area contributed by atoms with E-state index in [0.717, 1.165) is 18.4 Å². The molecule has 2 nitrogen and oxygen atoms in total. The monoisotopic (exact) mass is 336 g/mol. The Morgan fingerprint density at radius 3 is 2.36 bits per heavy atom. The van der Waals surface area contributed by atoms with Crippen molar-refractivity contribution in [2.45, 2.75) is 64.7 Å². The smallest absolute Gasteiger partial charge is 0.328 e. The molecule has 1 N–H and O–H groups in total. The Bertz CT molecular complexity index is 817. The second kappa shape index (κ2) is 6.01. The number of carboxylic acid groups (broad SMARTS) is 1. The van der Waals surface area contributed by atoms with E-state index in [4.69, 9.17) is 5.11 Å². The maximum atomic E-state index is 10.7. The van der Waals surface area contributed by atoms with Crippen LogP contribution >= 0.6 is 0 Å². The third kappa shape index (κ3) is 3.35. The summed E-state index contributed by atoms with van der Waals surface area (Å²) in [7, 11) is 0. The Balaban J connectivity index is 1.95. The average Bonchev–Trinajstić information content (AvgIpc) is 2.94. The second-order valence-electron chi connectivity index (χ2n) is 8.78. The van der Waals surface area contributed by atoms with Crippen molar-refractivity contribution in [3.05, 3.63) is 64.3 Å². The first-order valence-electron chi connectivity index (χ1n) is 9.07. The van der Waals surface area contributed by atoms with Crippen molar-refractivity contribution in [2.75, 3.05) is 0 Å². The summed E-state index contributed by atoms with van der Waals surface area (Å²) in [6.45, 7) is 11.2. The third-order valence-corrected chi connectivity index (χ3v) is 5.60. The van der Waals surface area contributed by atoms with E-state index in [0.29, 0.717) is 0 Å². The molecule has 1 aromatic rings. The van der Waals surface area contributed by atoms with E-state index in [1.54, 1.807) is 0 Å². The molecule has 2 aliphatic rings. The van der Waals surface area contributed by atoms with Crippen LogP contribution in [0.5, 0.6) is 0 Å². The van der Waals surface area contributed by atoms with Crippen molar-refractivity contribution in [1.82, 2.24) is 0 Å². The number of aryl methyl sites for hydroxylation is 1. The maximum absolute atomic E-state index is 10.7. The van der Waals surface area contributed by atoms with E-state index >= 15 is 0 Å². The van der Waals surface area contributed by atoms with Gasteiger partial charge in [0.15, 0.2) is 0 Å². The lowest BCUT2D eigenvalue weighted by atomic mass is 9.82. The lowest BCUT2D eigenvalue weighted by Crippen LogP contribution is -2.18. The molecule has 0 aliphatic heterocycles. The first kappa shape index (κ1) is 17.7. The molecule has 2 heteroatoms. The Hall–Kier alpha value is -2.09. The third-order valence-electron chi connectivity index (χ3n) is 5.60. The quantitative estimate of drug-likeness (QED) is 0.579. The van der Waals surface area contributed by atoms with Crippen LogP contribution in [-0.2, 0) is 22.0 Å². The minimum Gasteiger partial charge on any atom is -0.478 e. The van der Waals surface area contributed by atoms with Gasteiger partial charge in [-0.25, -0.2) is 4.79 Å². The van der Waals surface area contributed by atoms with Gasteiger partial charge in [0.05, 0.1) is 0 Å². The fraction of sp³-hybridized carbons (Fsp3) is 0.435. The average molecular weight is 336 g/mol. The normalized spacial score (nSPS) is 22.4. The highest BCUT2D eigenvalue weighted by Gasteiger charge is 2.42. The highest BCUT2D eigenvalue weighted by atomic mass is 16.4. The summed E-state index contributed by atoms with van der Waals surface area (Å²) in [5.41, 5.74) is 8.44. The number of rotatable bonds is 3. The van der Waals surface area contributed by atoms with Gasteiger partial charge in [-0.05, 0) is 70.4 Å². The van der Waals surface area contributed by atoms with Crippen molar-refractivity contribution < 1.29 is 9.90 Å². The van der Waals surface area contributed by atoms with Crippen molar-refractivity contribution in [3.63, 3.8) is 0 Å². The molecule has 0 fully saturated rings. The highest BCUT2D eigenvalue weighted by molar-refractivity contribution is 5.81. The molecule has 0 spiro atoms. The Morgan fingerprint density at radius 1 is 1.08 bits per heavy atom. The largest absolute Gasteiger partial charge is 0.478 e. The fourth-order valence-electron chi connectivity index (χ4n) is 4.70. The number of hydrogen-bond donors (Lipinski definition) is 1. The van der Waals surface area contributed by atoms with Gasteiger partial charge in [0.1, 0.15) is 0 Å². The van der Waals surface area contributed by atoms with Gasteiger partial charge < -0.3 is 5.11 Å². The van der Waals surface area contributed by atoms with Crippen molar-refractivity contribution in [1.29, 1.82) is 0 Å². The Kier molecular flexibility index (Phi) is 4.26. The van der Waals surface area contributed by atoms with Crippen LogP contribution in [0.15, 0.2) is 42.0 Å². The number of benzene rings is 1. The van der Waals surface area contributed by atoms with E-state index in [1.165, 1.54) is 40.3 Å². The van der Waals surface area contributed by atoms with Crippen LogP contribution in [0.2, 0.25) is 0 Å². The van der Waals surface area contributed by atoms with Gasteiger partial charge in [-0.1, -0.05) is 58.1 Å². The van der Waals surface area contributed by atoms with Gasteiger partial charge >= 0.3 is 5.97 Å². The molecule has 0 radical (unpaired) electrons. The van der Waals surface area contributed by atoms with Gasteiger partial charge in [-0.15, -0.1) is 0 Å². The summed E-state index contributed by atoms with van der Waals surface area (Å²) in [5.74, 6) is -0.901. The molecule has 0 saturated heterocycles. The van der Waals surface area contributed by atoms with Gasteiger partial charge in [-0.2, -0.15) is 0 Å². The van der Waals surface area contributed by atoms with Crippen LogP contribution < -0.4 is 0 Å². The van der Waals surface area contributed by atoms with Crippen LogP contribution in [0.1, 0.15) is 69.7 Å². The molecular weight excluding hydrogens is 308 g/mol. The molecule has 1 aromatic carbocycles. The van der Waals surface area contributed by atoms with Gasteiger partial charge in [0.2, 0.25) is 0 Å². The van der Waals surface area contributed by atoms with Gasteiger partial charge in [0, 0.05) is 6.08 Å². The number of carboxylic acids is 1. The van der Waals surface area contributed by atoms with E-state index in [1.807, 2.05) is 19.1 Å². The predicted octanol–water partition coefficient (Wildman–Crippen LogP) is 5.56. The first-order valence-corrected chi connectivity index (χ1v) is 9.07. The molecule has 0 unspecified atom stereocenters. The molecular formula is C23H28O2. The summed E-state index contributed by atoms with van der Waals surface area (Å²) in [5, 5.41) is 8.78. The van der Waals surface area contributed by atoms with Crippen molar-refractivity contribution >= 4 is 11.5 Å². The van der Waals surface area contributed by atoms with Gasteiger partial charge in [0.25, 0.3) is 0 Å². The zero-order valence-electron chi connectivity index (χ0n) is 15.9. The van der Waals surface area contributed by atoms with Crippen LogP contribution in [-0.4, -0.2) is 11.1 Å². The molecule has 0 atom stereocenters. The summed E-state index contributed by atoms with van der Waals surface area (Å²) in [6, 6.07) is 4.87. The van der Waals surface area contributed by atoms with Crippen LogP contribution in [0, 0.1) is 0 Å².